The number of aliphatic carboxylic acids is 1. The van der Waals surface area contributed by atoms with Crippen LogP contribution in [0, 0.1) is 12.7 Å². The molecule has 3 atom stereocenters. The van der Waals surface area contributed by atoms with Crippen molar-refractivity contribution in [2.45, 2.75) is 77.2 Å². The van der Waals surface area contributed by atoms with E-state index in [1.54, 1.807) is 30.8 Å². The summed E-state index contributed by atoms with van der Waals surface area (Å²) in [4.78, 5) is 66.2. The second-order valence-electron chi connectivity index (χ2n) is 16.5. The summed E-state index contributed by atoms with van der Waals surface area (Å²) in [5.74, 6) is -2.65. The Morgan fingerprint density at radius 2 is 1.69 bits per heavy atom. The molecule has 0 spiro atoms. The molecule has 0 radical (unpaired) electrons. The Bertz CT molecular complexity index is 2540. The summed E-state index contributed by atoms with van der Waals surface area (Å²) in [6.07, 6.45) is 1.61. The molecule has 2 amide bonds. The zero-order valence-electron chi connectivity index (χ0n) is 42.4. The molecule has 0 bridgehead atoms. The summed E-state index contributed by atoms with van der Waals surface area (Å²) < 4.78 is 79.3. The van der Waals surface area contributed by atoms with Gasteiger partial charge in [0.1, 0.15) is 37.3 Å². The maximum Gasteiger partial charge on any atom is 0.434 e. The number of hydrogen-bond acceptors (Lipinski definition) is 11. The number of carbonyl (C=O) groups is 4. The van der Waals surface area contributed by atoms with E-state index in [-0.39, 0.29) is 51.6 Å². The summed E-state index contributed by atoms with van der Waals surface area (Å²) in [5, 5.41) is 13.5. The average Bonchev–Trinajstić information content (AvgIpc) is 3.59. The van der Waals surface area contributed by atoms with Gasteiger partial charge in [-0.2, -0.15) is 18.3 Å². The minimum atomic E-state index is -4.69. The highest BCUT2D eigenvalue weighted by Gasteiger charge is 2.39. The molecule has 3 aromatic carbocycles. The van der Waals surface area contributed by atoms with Gasteiger partial charge in [-0.3, -0.25) is 24.4 Å². The number of carboxylic acid groups (broad SMARTS) is 1. The number of rotatable bonds is 14. The summed E-state index contributed by atoms with van der Waals surface area (Å²) in [5.41, 5.74) is 2.07. The largest absolute Gasteiger partial charge is 0.778 e. The molecular weight excluding hydrogens is 1170 g/mol. The lowest BCUT2D eigenvalue weighted by atomic mass is 10.0. The number of carboxylic acids is 1. The first kappa shape index (κ1) is 68.3. The number of ether oxygens (including phenoxy) is 3. The van der Waals surface area contributed by atoms with Gasteiger partial charge in [0.05, 0.1) is 82.8 Å². The van der Waals surface area contributed by atoms with E-state index >= 15 is 0 Å². The fraction of sp³-hybridized carbons (Fsp3) is 0.468. The molecule has 74 heavy (non-hydrogen) atoms. The third-order valence-corrected chi connectivity index (χ3v) is 11.7. The topological polar surface area (TPSA) is 213 Å². The van der Waals surface area contributed by atoms with Crippen LogP contribution >= 0.6 is 69.9 Å². The van der Waals surface area contributed by atoms with E-state index in [2.05, 4.69) is 52.8 Å². The lowest BCUT2D eigenvalue weighted by molar-refractivity contribution is -0.193. The van der Waals surface area contributed by atoms with Crippen LogP contribution in [-0.2, 0) is 59.0 Å². The van der Waals surface area contributed by atoms with Gasteiger partial charge in [-0.25, -0.2) is 9.18 Å². The number of para-hydroxylation sites is 3. The van der Waals surface area contributed by atoms with E-state index in [4.69, 9.17) is 70.6 Å². The number of nitrogens with zero attached hydrogens (tertiary/aromatic N) is 4. The lowest BCUT2D eigenvalue weighted by Crippen LogP contribution is -2.47. The summed E-state index contributed by atoms with van der Waals surface area (Å²) >= 11 is 25.7. The monoisotopic (exact) mass is 1230 g/mol. The number of aromatic nitrogens is 2. The average molecular weight is 1230 g/mol. The van der Waals surface area contributed by atoms with E-state index in [0.717, 1.165) is 48.1 Å². The molecular formula is C47H61BrCl4F4N5O11PS. The van der Waals surface area contributed by atoms with Crippen molar-refractivity contribution in [3.8, 4) is 17.0 Å². The number of fused-ring (bicyclic) bond motifs is 1. The molecule has 1 aliphatic heterocycles. The molecule has 1 aromatic heterocycles. The second-order valence-corrected chi connectivity index (χ2v) is 23.1. The summed E-state index contributed by atoms with van der Waals surface area (Å²) in [6, 6.07) is 15.2. The number of alkyl halides is 6. The minimum absolute atomic E-state index is 0.0223. The van der Waals surface area contributed by atoms with Crippen LogP contribution in [0.4, 0.5) is 28.9 Å². The van der Waals surface area contributed by atoms with E-state index < -0.39 is 65.5 Å². The number of anilines is 2. The first-order valence-electron chi connectivity index (χ1n) is 22.0. The van der Waals surface area contributed by atoms with Crippen LogP contribution in [0.2, 0.25) is 5.02 Å². The zero-order chi connectivity index (χ0) is 57.0. The number of amides is 2. The molecule has 3 N–H and O–H groups in total. The summed E-state index contributed by atoms with van der Waals surface area (Å²) in [7, 11) is -0.988. The number of aryl methyl sites for hydroxylation is 3. The SMILES string of the molecule is CC(C)OC(=O)c1cc(-c2nn(C)c(C(F)(F)F)c2Br)c(F)cc1Cl.CC1COc2ccccc2N1C(=O)C(Cl)Cl.CCc1cccc(C)c1N(C(=O)CCl)C(C)COC.C[S+](C)C.O=C(O)CNCP(=O)([O-])O. The van der Waals surface area contributed by atoms with E-state index in [1.165, 1.54) is 0 Å². The number of carbonyl (C=O) groups excluding carboxylic acids is 3. The fourth-order valence-electron chi connectivity index (χ4n) is 6.51. The predicted octanol–water partition coefficient (Wildman–Crippen LogP) is 9.65. The quantitative estimate of drug-likeness (QED) is 0.0353. The van der Waals surface area contributed by atoms with Gasteiger partial charge < -0.3 is 43.5 Å². The number of esters is 1. The molecule has 0 aliphatic carbocycles. The van der Waals surface area contributed by atoms with Crippen molar-refractivity contribution in [1.29, 1.82) is 0 Å². The molecule has 16 nitrogen and oxygen atoms in total. The van der Waals surface area contributed by atoms with Gasteiger partial charge in [-0.05, 0) is 103 Å². The van der Waals surface area contributed by atoms with E-state index in [0.29, 0.717) is 34.5 Å². The Morgan fingerprint density at radius 1 is 1.09 bits per heavy atom. The maximum absolute atomic E-state index is 14.3. The highest BCUT2D eigenvalue weighted by atomic mass is 79.9. The van der Waals surface area contributed by atoms with Crippen molar-refractivity contribution in [3.05, 3.63) is 92.3 Å². The smallest absolute Gasteiger partial charge is 0.434 e. The highest BCUT2D eigenvalue weighted by molar-refractivity contribution is 9.10. The molecule has 0 saturated heterocycles. The molecule has 1 aliphatic rings. The van der Waals surface area contributed by atoms with Crippen molar-refractivity contribution in [1.82, 2.24) is 15.1 Å². The molecule has 4 aromatic rings. The maximum atomic E-state index is 14.3. The van der Waals surface area contributed by atoms with E-state index in [9.17, 15) is 46.2 Å². The molecule has 0 fully saturated rings. The number of methoxy groups -OCH3 is 1. The Morgan fingerprint density at radius 3 is 2.18 bits per heavy atom. The van der Waals surface area contributed by atoms with Crippen LogP contribution in [0.5, 0.6) is 5.75 Å². The van der Waals surface area contributed by atoms with Crippen molar-refractivity contribution >= 4 is 116 Å². The van der Waals surface area contributed by atoms with Gasteiger partial charge in [0.2, 0.25) is 5.91 Å². The van der Waals surface area contributed by atoms with Crippen LogP contribution in [0.3, 0.4) is 0 Å². The van der Waals surface area contributed by atoms with Crippen LogP contribution < -0.4 is 24.7 Å². The van der Waals surface area contributed by atoms with Crippen LogP contribution in [-0.4, -0.2) is 124 Å². The van der Waals surface area contributed by atoms with Crippen LogP contribution in [0.15, 0.2) is 59.1 Å². The van der Waals surface area contributed by atoms with Gasteiger partial charge in [-0.1, -0.05) is 72.1 Å². The third-order valence-electron chi connectivity index (χ3n) is 9.36. The lowest BCUT2D eigenvalue weighted by Gasteiger charge is -2.35. The van der Waals surface area contributed by atoms with Crippen molar-refractivity contribution < 1.29 is 70.4 Å². The molecule has 2 heterocycles. The van der Waals surface area contributed by atoms with Gasteiger partial charge >= 0.3 is 18.1 Å². The number of hydrogen-bond donors (Lipinski definition) is 3. The first-order valence-corrected chi connectivity index (χ1v) is 28.8. The standard InChI is InChI=1S/C15H12BrClF4N2O2.C15H22ClNO2.C11H11Cl2NO2.C3H8NO5P.C3H9S/c1-6(2)25-14(24)7-4-8(10(18)5-9(7)17)12-11(16)13(15(19,20)21)23(3)22-12;1-5-13-8-6-7-11(2)15(13)17(14(18)9-16)12(3)10-19-4;1-7-6-16-9-5-3-2-4-8(9)14(7)11(15)10(12)13;5-3(6)1-4-2-10(7,8)9;1-4(2)3/h4-6H,1-3H3;6-8,12H,5,9-10H2,1-4H3;2-5,7,10H,6H2,1H3;4H,1-2H2,(H,5,6)(H2,7,8,9);1-3H3/q;;;;+1/p-1. The minimum Gasteiger partial charge on any atom is -0.778 e. The zero-order valence-corrected chi connectivity index (χ0v) is 48.7. The molecule has 0 saturated carbocycles. The normalized spacial score (nSPS) is 14.0. The van der Waals surface area contributed by atoms with Gasteiger partial charge in [0.15, 0.2) is 10.5 Å². The Balaban J connectivity index is 0.000000500. The third kappa shape index (κ3) is 22.1. The first-order chi connectivity index (χ1) is 34.2. The number of halogens is 9. The van der Waals surface area contributed by atoms with Crippen LogP contribution in [0.1, 0.15) is 61.8 Å². The summed E-state index contributed by atoms with van der Waals surface area (Å²) in [6.45, 7) is 11.6. The molecule has 3 unspecified atom stereocenters. The predicted molar refractivity (Wildman–Crippen MR) is 287 cm³/mol. The van der Waals surface area contributed by atoms with Crippen molar-refractivity contribution in [2.24, 2.45) is 7.05 Å². The van der Waals surface area contributed by atoms with Crippen molar-refractivity contribution in [3.63, 3.8) is 0 Å². The number of nitrogens with one attached hydrogen (secondary N) is 1. The molecule has 414 valence electrons. The second kappa shape index (κ2) is 32.2. The van der Waals surface area contributed by atoms with Gasteiger partial charge in [-0.15, -0.1) is 11.6 Å². The van der Waals surface area contributed by atoms with Crippen LogP contribution in [0.25, 0.3) is 11.3 Å². The Hall–Kier alpha value is -3.67. The Kier molecular flexibility index (Phi) is 29.7. The fourth-order valence-corrected chi connectivity index (χ4v) is 8.24. The van der Waals surface area contributed by atoms with Gasteiger partial charge in [0, 0.05) is 19.7 Å². The van der Waals surface area contributed by atoms with Gasteiger partial charge in [0.25, 0.3) is 5.91 Å². The number of benzene rings is 3. The Labute approximate surface area is 459 Å². The van der Waals surface area contributed by atoms with Crippen molar-refractivity contribution in [2.75, 3.05) is 67.6 Å². The molecule has 5 rings (SSSR count). The molecule has 27 heteroatoms. The van der Waals surface area contributed by atoms with E-state index in [1.807, 2.05) is 62.5 Å². The highest BCUT2D eigenvalue weighted by Crippen LogP contribution is 2.41.